The van der Waals surface area contributed by atoms with Gasteiger partial charge in [-0.25, -0.2) is 9.59 Å². The molecule has 2 amide bonds. The molecule has 0 radical (unpaired) electrons. The SMILES string of the molecule is CN(C)C(=O)CC(NC(=O)OC(C)(C)C)C(=O)OCc1ccccc1. The molecule has 0 saturated carbocycles. The Bertz CT molecular complexity index is 593. The second-order valence-corrected chi connectivity index (χ2v) is 6.78. The number of esters is 1. The van der Waals surface area contributed by atoms with Gasteiger partial charge in [-0.2, -0.15) is 0 Å². The van der Waals surface area contributed by atoms with Gasteiger partial charge in [-0.1, -0.05) is 30.3 Å². The van der Waals surface area contributed by atoms with Gasteiger partial charge >= 0.3 is 12.1 Å². The summed E-state index contributed by atoms with van der Waals surface area (Å²) in [4.78, 5) is 37.5. The molecule has 1 atom stereocenters. The number of hydrogen-bond acceptors (Lipinski definition) is 5. The lowest BCUT2D eigenvalue weighted by Crippen LogP contribution is -2.46. The molecule has 1 aromatic carbocycles. The smallest absolute Gasteiger partial charge is 0.408 e. The van der Waals surface area contributed by atoms with Crippen molar-refractivity contribution in [2.24, 2.45) is 0 Å². The molecule has 1 aromatic rings. The van der Waals surface area contributed by atoms with Crippen molar-refractivity contribution in [3.63, 3.8) is 0 Å². The molecular formula is C18H26N2O5. The number of hydrogen-bond donors (Lipinski definition) is 1. The van der Waals surface area contributed by atoms with Crippen LogP contribution in [0.5, 0.6) is 0 Å². The molecule has 0 saturated heterocycles. The highest BCUT2D eigenvalue weighted by Gasteiger charge is 2.28. The number of carbonyl (C=O) groups excluding carboxylic acids is 3. The zero-order chi connectivity index (χ0) is 19.0. The van der Waals surface area contributed by atoms with E-state index in [2.05, 4.69) is 5.32 Å². The highest BCUT2D eigenvalue weighted by molar-refractivity contribution is 5.87. The van der Waals surface area contributed by atoms with Gasteiger partial charge in [-0.05, 0) is 26.3 Å². The minimum Gasteiger partial charge on any atom is -0.459 e. The van der Waals surface area contributed by atoms with Crippen LogP contribution in [-0.2, 0) is 25.7 Å². The number of rotatable bonds is 6. The summed E-state index contributed by atoms with van der Waals surface area (Å²) in [5.41, 5.74) is 0.0968. The van der Waals surface area contributed by atoms with E-state index >= 15 is 0 Å². The Morgan fingerprint density at radius 2 is 1.72 bits per heavy atom. The van der Waals surface area contributed by atoms with E-state index in [9.17, 15) is 14.4 Å². The molecule has 0 spiro atoms. The Morgan fingerprint density at radius 1 is 1.12 bits per heavy atom. The van der Waals surface area contributed by atoms with Crippen LogP contribution in [-0.4, -0.2) is 48.6 Å². The lowest BCUT2D eigenvalue weighted by atomic mass is 10.2. The number of alkyl carbamates (subject to hydrolysis) is 1. The van der Waals surface area contributed by atoms with Crippen molar-refractivity contribution < 1.29 is 23.9 Å². The van der Waals surface area contributed by atoms with E-state index in [0.29, 0.717) is 0 Å². The van der Waals surface area contributed by atoms with E-state index < -0.39 is 23.7 Å². The van der Waals surface area contributed by atoms with Gasteiger partial charge in [-0.15, -0.1) is 0 Å². The molecule has 25 heavy (non-hydrogen) atoms. The summed E-state index contributed by atoms with van der Waals surface area (Å²) in [6, 6.07) is 8.02. The van der Waals surface area contributed by atoms with Gasteiger partial charge in [0.15, 0.2) is 0 Å². The number of amides is 2. The van der Waals surface area contributed by atoms with Crippen LogP contribution in [0.25, 0.3) is 0 Å². The topological polar surface area (TPSA) is 84.9 Å². The van der Waals surface area contributed by atoms with Gasteiger partial charge in [0.2, 0.25) is 5.91 Å². The fraction of sp³-hybridized carbons (Fsp3) is 0.500. The first-order chi connectivity index (χ1) is 11.6. The highest BCUT2D eigenvalue weighted by atomic mass is 16.6. The van der Waals surface area contributed by atoms with Crippen molar-refractivity contribution in [1.82, 2.24) is 10.2 Å². The van der Waals surface area contributed by atoms with Crippen LogP contribution < -0.4 is 5.32 Å². The van der Waals surface area contributed by atoms with Crippen LogP contribution in [0.15, 0.2) is 30.3 Å². The van der Waals surface area contributed by atoms with E-state index in [-0.39, 0.29) is 18.9 Å². The lowest BCUT2D eigenvalue weighted by molar-refractivity contribution is -0.149. The van der Waals surface area contributed by atoms with Crippen LogP contribution in [0.1, 0.15) is 32.8 Å². The Kier molecular flexibility index (Phi) is 7.42. The molecule has 0 aromatic heterocycles. The van der Waals surface area contributed by atoms with E-state index in [1.807, 2.05) is 30.3 Å². The first kappa shape index (κ1) is 20.5. The van der Waals surface area contributed by atoms with Gasteiger partial charge in [0, 0.05) is 14.1 Å². The Balaban J connectivity index is 2.73. The third-order valence-corrected chi connectivity index (χ3v) is 3.08. The molecule has 0 aliphatic carbocycles. The summed E-state index contributed by atoms with van der Waals surface area (Å²) in [6.07, 6.45) is -0.986. The highest BCUT2D eigenvalue weighted by Crippen LogP contribution is 2.09. The molecule has 1 rings (SSSR count). The van der Waals surface area contributed by atoms with Crippen LogP contribution >= 0.6 is 0 Å². The second-order valence-electron chi connectivity index (χ2n) is 6.78. The monoisotopic (exact) mass is 350 g/mol. The van der Waals surface area contributed by atoms with Crippen LogP contribution in [0.3, 0.4) is 0 Å². The number of nitrogens with zero attached hydrogens (tertiary/aromatic N) is 1. The van der Waals surface area contributed by atoms with Gasteiger partial charge in [0.1, 0.15) is 18.2 Å². The molecule has 7 nitrogen and oxygen atoms in total. The molecule has 0 aliphatic heterocycles. The average Bonchev–Trinajstić information content (AvgIpc) is 2.50. The lowest BCUT2D eigenvalue weighted by Gasteiger charge is -2.23. The molecule has 1 unspecified atom stereocenters. The summed E-state index contributed by atoms with van der Waals surface area (Å²) < 4.78 is 10.4. The molecule has 138 valence electrons. The van der Waals surface area contributed by atoms with Crippen molar-refractivity contribution in [2.75, 3.05) is 14.1 Å². The zero-order valence-electron chi connectivity index (χ0n) is 15.4. The Hall–Kier alpha value is -2.57. The Morgan fingerprint density at radius 3 is 2.24 bits per heavy atom. The van der Waals surface area contributed by atoms with E-state index in [0.717, 1.165) is 5.56 Å². The quantitative estimate of drug-likeness (QED) is 0.794. The maximum atomic E-state index is 12.3. The third kappa shape index (κ3) is 8.19. The standard InChI is InChI=1S/C18H26N2O5/c1-18(2,3)25-17(23)19-14(11-15(21)20(4)5)16(22)24-12-13-9-7-6-8-10-13/h6-10,14H,11-12H2,1-5H3,(H,19,23). The van der Waals surface area contributed by atoms with Crippen molar-refractivity contribution in [2.45, 2.75) is 45.4 Å². The van der Waals surface area contributed by atoms with Gasteiger partial charge in [0.25, 0.3) is 0 Å². The maximum Gasteiger partial charge on any atom is 0.408 e. The third-order valence-electron chi connectivity index (χ3n) is 3.08. The van der Waals surface area contributed by atoms with Gasteiger partial charge in [0.05, 0.1) is 6.42 Å². The van der Waals surface area contributed by atoms with Crippen LogP contribution in [0.4, 0.5) is 4.79 Å². The molecule has 7 heteroatoms. The molecular weight excluding hydrogens is 324 g/mol. The van der Waals surface area contributed by atoms with Crippen LogP contribution in [0, 0.1) is 0 Å². The van der Waals surface area contributed by atoms with E-state index in [1.54, 1.807) is 34.9 Å². The minimum atomic E-state index is -1.12. The molecule has 0 bridgehead atoms. The first-order valence-electron chi connectivity index (χ1n) is 7.98. The molecule has 0 heterocycles. The van der Waals surface area contributed by atoms with Gasteiger partial charge in [-0.3, -0.25) is 4.79 Å². The number of carbonyl (C=O) groups is 3. The molecule has 0 fully saturated rings. The van der Waals surface area contributed by atoms with Crippen LogP contribution in [0.2, 0.25) is 0 Å². The summed E-state index contributed by atoms with van der Waals surface area (Å²) in [5, 5.41) is 2.41. The summed E-state index contributed by atoms with van der Waals surface area (Å²) in [5.74, 6) is -0.998. The van der Waals surface area contributed by atoms with E-state index in [4.69, 9.17) is 9.47 Å². The zero-order valence-corrected chi connectivity index (χ0v) is 15.4. The summed E-state index contributed by atoms with van der Waals surface area (Å²) >= 11 is 0. The van der Waals surface area contributed by atoms with E-state index in [1.165, 1.54) is 4.90 Å². The molecule has 0 aliphatic rings. The van der Waals surface area contributed by atoms with Gasteiger partial charge < -0.3 is 19.7 Å². The van der Waals surface area contributed by atoms with Crippen molar-refractivity contribution in [1.29, 1.82) is 0 Å². The van der Waals surface area contributed by atoms with Crippen molar-refractivity contribution in [3.8, 4) is 0 Å². The summed E-state index contributed by atoms with van der Waals surface area (Å²) in [7, 11) is 3.14. The first-order valence-corrected chi connectivity index (χ1v) is 7.98. The van der Waals surface area contributed by atoms with Crippen molar-refractivity contribution >= 4 is 18.0 Å². The minimum absolute atomic E-state index is 0.0579. The fourth-order valence-electron chi connectivity index (χ4n) is 1.83. The summed E-state index contributed by atoms with van der Waals surface area (Å²) in [6.45, 7) is 5.18. The predicted molar refractivity (Wildman–Crippen MR) is 92.7 cm³/mol. The predicted octanol–water partition coefficient (Wildman–Crippen LogP) is 2.10. The normalized spacial score (nSPS) is 12.0. The maximum absolute atomic E-state index is 12.3. The largest absolute Gasteiger partial charge is 0.459 e. The second kappa shape index (κ2) is 9.05. The number of nitrogens with one attached hydrogen (secondary N) is 1. The Labute approximate surface area is 148 Å². The fourth-order valence-corrected chi connectivity index (χ4v) is 1.83. The average molecular weight is 350 g/mol. The number of ether oxygens (including phenoxy) is 2. The number of benzene rings is 1. The van der Waals surface area contributed by atoms with Crippen molar-refractivity contribution in [3.05, 3.63) is 35.9 Å². The molecule has 1 N–H and O–H groups in total.